The molecular formula is C15H26N4O. The number of rotatable bonds is 7. The highest BCUT2D eigenvalue weighted by Crippen LogP contribution is 2.14. The van der Waals surface area contributed by atoms with Crippen LogP contribution in [0.5, 0.6) is 0 Å². The van der Waals surface area contributed by atoms with E-state index in [9.17, 15) is 4.79 Å². The van der Waals surface area contributed by atoms with E-state index in [0.29, 0.717) is 11.5 Å². The standard InChI is InChI=1S/C15H26N4O/c1-6-8-19(9-7-2)14-10-13(17-12(5)18-14)15(20)16-11(3)4/h10-11H,6-9H2,1-5H3,(H,16,20). The summed E-state index contributed by atoms with van der Waals surface area (Å²) in [5, 5.41) is 2.87. The van der Waals surface area contributed by atoms with E-state index in [-0.39, 0.29) is 11.9 Å². The molecule has 0 spiro atoms. The van der Waals surface area contributed by atoms with E-state index in [1.165, 1.54) is 0 Å². The number of carbonyl (C=O) groups is 1. The summed E-state index contributed by atoms with van der Waals surface area (Å²) in [6.45, 7) is 11.9. The minimum atomic E-state index is -0.139. The lowest BCUT2D eigenvalue weighted by Crippen LogP contribution is -2.32. The number of nitrogens with zero attached hydrogens (tertiary/aromatic N) is 3. The van der Waals surface area contributed by atoms with Crippen LogP contribution in [0.2, 0.25) is 0 Å². The van der Waals surface area contributed by atoms with Gasteiger partial charge in [0.25, 0.3) is 5.91 Å². The number of hydrogen-bond donors (Lipinski definition) is 1. The Hall–Kier alpha value is -1.65. The van der Waals surface area contributed by atoms with Gasteiger partial charge in [0.05, 0.1) is 0 Å². The number of aromatic nitrogens is 2. The van der Waals surface area contributed by atoms with Crippen LogP contribution in [-0.2, 0) is 0 Å². The van der Waals surface area contributed by atoms with E-state index in [4.69, 9.17) is 0 Å². The Bertz CT molecular complexity index is 439. The molecule has 0 radical (unpaired) electrons. The summed E-state index contributed by atoms with van der Waals surface area (Å²) in [7, 11) is 0. The predicted molar refractivity (Wildman–Crippen MR) is 82.2 cm³/mol. The number of hydrogen-bond acceptors (Lipinski definition) is 4. The summed E-state index contributed by atoms with van der Waals surface area (Å²) in [6, 6.07) is 1.89. The van der Waals surface area contributed by atoms with Crippen LogP contribution in [0.25, 0.3) is 0 Å². The average molecular weight is 278 g/mol. The van der Waals surface area contributed by atoms with Crippen molar-refractivity contribution in [1.82, 2.24) is 15.3 Å². The predicted octanol–water partition coefficient (Wildman–Crippen LogP) is 2.55. The molecule has 5 heteroatoms. The molecule has 1 heterocycles. The van der Waals surface area contributed by atoms with E-state index in [1.54, 1.807) is 6.07 Å². The Morgan fingerprint density at radius 2 is 1.85 bits per heavy atom. The maximum absolute atomic E-state index is 12.1. The molecule has 0 saturated carbocycles. The maximum Gasteiger partial charge on any atom is 0.270 e. The molecule has 5 nitrogen and oxygen atoms in total. The van der Waals surface area contributed by atoms with Gasteiger partial charge < -0.3 is 10.2 Å². The molecule has 1 amide bonds. The molecule has 0 aliphatic carbocycles. The van der Waals surface area contributed by atoms with Crippen molar-refractivity contribution in [2.24, 2.45) is 0 Å². The van der Waals surface area contributed by atoms with Crippen molar-refractivity contribution in [3.8, 4) is 0 Å². The lowest BCUT2D eigenvalue weighted by Gasteiger charge is -2.23. The van der Waals surface area contributed by atoms with Gasteiger partial charge in [-0.05, 0) is 33.6 Å². The van der Waals surface area contributed by atoms with E-state index in [0.717, 1.165) is 31.7 Å². The molecule has 0 aliphatic rings. The van der Waals surface area contributed by atoms with Crippen LogP contribution in [0.4, 0.5) is 5.82 Å². The highest BCUT2D eigenvalue weighted by molar-refractivity contribution is 5.93. The van der Waals surface area contributed by atoms with Gasteiger partial charge in [-0.2, -0.15) is 0 Å². The Labute approximate surface area is 121 Å². The molecule has 0 aromatic carbocycles. The van der Waals surface area contributed by atoms with Gasteiger partial charge in [0.15, 0.2) is 0 Å². The summed E-state index contributed by atoms with van der Waals surface area (Å²) in [6.07, 6.45) is 2.10. The molecule has 1 N–H and O–H groups in total. The first-order valence-corrected chi connectivity index (χ1v) is 7.39. The fourth-order valence-corrected chi connectivity index (χ4v) is 2.05. The van der Waals surface area contributed by atoms with Crippen LogP contribution in [-0.4, -0.2) is 35.0 Å². The first kappa shape index (κ1) is 16.4. The molecular weight excluding hydrogens is 252 g/mol. The quantitative estimate of drug-likeness (QED) is 0.832. The van der Waals surface area contributed by atoms with E-state index in [2.05, 4.69) is 34.0 Å². The summed E-state index contributed by atoms with van der Waals surface area (Å²) in [5.41, 5.74) is 0.443. The summed E-state index contributed by atoms with van der Waals surface area (Å²) < 4.78 is 0. The normalized spacial score (nSPS) is 10.7. The van der Waals surface area contributed by atoms with Gasteiger partial charge in [0, 0.05) is 25.2 Å². The van der Waals surface area contributed by atoms with Crippen molar-refractivity contribution >= 4 is 11.7 Å². The first-order valence-electron chi connectivity index (χ1n) is 7.39. The third-order valence-electron chi connectivity index (χ3n) is 2.79. The molecule has 0 saturated heterocycles. The molecule has 1 rings (SSSR count). The van der Waals surface area contributed by atoms with Crippen molar-refractivity contribution in [2.45, 2.75) is 53.5 Å². The van der Waals surface area contributed by atoms with Crippen molar-refractivity contribution < 1.29 is 4.79 Å². The molecule has 112 valence electrons. The van der Waals surface area contributed by atoms with Crippen LogP contribution in [0.15, 0.2) is 6.07 Å². The second kappa shape index (κ2) is 7.82. The van der Waals surface area contributed by atoms with Crippen LogP contribution in [0, 0.1) is 6.92 Å². The smallest absolute Gasteiger partial charge is 0.270 e. The van der Waals surface area contributed by atoms with Crippen molar-refractivity contribution in [3.63, 3.8) is 0 Å². The number of anilines is 1. The number of aryl methyl sites for hydroxylation is 1. The van der Waals surface area contributed by atoms with Crippen LogP contribution in [0.1, 0.15) is 56.8 Å². The fourth-order valence-electron chi connectivity index (χ4n) is 2.05. The van der Waals surface area contributed by atoms with Gasteiger partial charge >= 0.3 is 0 Å². The highest BCUT2D eigenvalue weighted by Gasteiger charge is 2.14. The molecule has 20 heavy (non-hydrogen) atoms. The van der Waals surface area contributed by atoms with E-state index >= 15 is 0 Å². The molecule has 1 aromatic heterocycles. The van der Waals surface area contributed by atoms with Crippen LogP contribution >= 0.6 is 0 Å². The average Bonchev–Trinajstić information content (AvgIpc) is 2.37. The first-order chi connectivity index (χ1) is 9.47. The SMILES string of the molecule is CCCN(CCC)c1cc(C(=O)NC(C)C)nc(C)n1. The van der Waals surface area contributed by atoms with Gasteiger partial charge in [0.2, 0.25) is 0 Å². The Kier molecular flexibility index (Phi) is 6.42. The number of nitrogens with one attached hydrogen (secondary N) is 1. The van der Waals surface area contributed by atoms with Crippen LogP contribution in [0.3, 0.4) is 0 Å². The minimum Gasteiger partial charge on any atom is -0.357 e. The summed E-state index contributed by atoms with van der Waals surface area (Å²) in [4.78, 5) is 23.0. The molecule has 0 aliphatic heterocycles. The number of amides is 1. The lowest BCUT2D eigenvalue weighted by atomic mass is 10.3. The Balaban J connectivity index is 3.02. The van der Waals surface area contributed by atoms with Gasteiger partial charge in [0.1, 0.15) is 17.3 Å². The van der Waals surface area contributed by atoms with Crippen molar-refractivity contribution in [3.05, 3.63) is 17.6 Å². The molecule has 1 aromatic rings. The van der Waals surface area contributed by atoms with E-state index in [1.807, 2.05) is 20.8 Å². The van der Waals surface area contributed by atoms with Crippen molar-refractivity contribution in [1.29, 1.82) is 0 Å². The largest absolute Gasteiger partial charge is 0.357 e. The zero-order chi connectivity index (χ0) is 15.1. The summed E-state index contributed by atoms with van der Waals surface area (Å²) >= 11 is 0. The Morgan fingerprint density at radius 3 is 2.35 bits per heavy atom. The number of carbonyl (C=O) groups excluding carboxylic acids is 1. The van der Waals surface area contributed by atoms with Crippen molar-refractivity contribution in [2.75, 3.05) is 18.0 Å². The second-order valence-corrected chi connectivity index (χ2v) is 5.27. The fraction of sp³-hybridized carbons (Fsp3) is 0.667. The van der Waals surface area contributed by atoms with Gasteiger partial charge in [-0.3, -0.25) is 4.79 Å². The van der Waals surface area contributed by atoms with Gasteiger partial charge in [-0.1, -0.05) is 13.8 Å². The molecule has 0 fully saturated rings. The van der Waals surface area contributed by atoms with Crippen LogP contribution < -0.4 is 10.2 Å². The zero-order valence-electron chi connectivity index (χ0n) is 13.2. The molecule has 0 bridgehead atoms. The van der Waals surface area contributed by atoms with Gasteiger partial charge in [-0.15, -0.1) is 0 Å². The second-order valence-electron chi connectivity index (χ2n) is 5.27. The maximum atomic E-state index is 12.1. The third kappa shape index (κ3) is 4.79. The Morgan fingerprint density at radius 1 is 1.25 bits per heavy atom. The van der Waals surface area contributed by atoms with E-state index < -0.39 is 0 Å². The third-order valence-corrected chi connectivity index (χ3v) is 2.79. The zero-order valence-corrected chi connectivity index (χ0v) is 13.2. The lowest BCUT2D eigenvalue weighted by molar-refractivity contribution is 0.0937. The topological polar surface area (TPSA) is 58.1 Å². The highest BCUT2D eigenvalue weighted by atomic mass is 16.1. The summed E-state index contributed by atoms with van der Waals surface area (Å²) in [5.74, 6) is 1.34. The monoisotopic (exact) mass is 278 g/mol. The minimum absolute atomic E-state index is 0.101. The van der Waals surface area contributed by atoms with Gasteiger partial charge in [-0.25, -0.2) is 9.97 Å². The molecule has 0 unspecified atom stereocenters. The molecule has 0 atom stereocenters.